The van der Waals surface area contributed by atoms with Crippen LogP contribution in [0.15, 0.2) is 24.3 Å². The second-order valence-electron chi connectivity index (χ2n) is 8.34. The van der Waals surface area contributed by atoms with Crippen LogP contribution in [0.25, 0.3) is 0 Å². The number of thiophene rings is 1. The largest absolute Gasteiger partial charge is 0.465 e. The molecular weight excluding hydrogens is 468 g/mol. The molecule has 1 fully saturated rings. The molecule has 9 heteroatoms. The molecule has 0 atom stereocenters. The summed E-state index contributed by atoms with van der Waals surface area (Å²) >= 11 is 6.73. The summed E-state index contributed by atoms with van der Waals surface area (Å²) in [5.41, 5.74) is 3.06. The average molecular weight is 503 g/mol. The number of ether oxygens (including phenoxy) is 1. The minimum Gasteiger partial charge on any atom is -0.465 e. The lowest BCUT2D eigenvalue weighted by molar-refractivity contribution is 0.0601. The van der Waals surface area contributed by atoms with E-state index in [9.17, 15) is 9.59 Å². The quantitative estimate of drug-likeness (QED) is 0.383. The number of hydrogen-bond donors (Lipinski definition) is 2. The van der Waals surface area contributed by atoms with E-state index in [1.54, 1.807) is 11.8 Å². The number of likely N-dealkylation sites (tertiary alicyclic amines) is 1. The molecule has 0 unspecified atom stereocenters. The van der Waals surface area contributed by atoms with Crippen molar-refractivity contribution in [3.63, 3.8) is 0 Å². The fourth-order valence-corrected chi connectivity index (χ4v) is 5.59. The number of nitrogens with zero attached hydrogens (tertiary/aromatic N) is 2. The lowest BCUT2D eigenvalue weighted by Gasteiger charge is -2.26. The Morgan fingerprint density at radius 3 is 2.32 bits per heavy atom. The Bertz CT molecular complexity index is 1010. The molecule has 3 rings (SSSR count). The summed E-state index contributed by atoms with van der Waals surface area (Å²) in [4.78, 5) is 30.2. The van der Waals surface area contributed by atoms with Gasteiger partial charge < -0.3 is 20.3 Å². The smallest absolute Gasteiger partial charge is 0.341 e. The van der Waals surface area contributed by atoms with Gasteiger partial charge >= 0.3 is 5.97 Å². The van der Waals surface area contributed by atoms with Gasteiger partial charge in [0.1, 0.15) is 5.00 Å². The molecule has 7 nitrogen and oxygen atoms in total. The third kappa shape index (κ3) is 6.34. The van der Waals surface area contributed by atoms with Crippen LogP contribution in [-0.4, -0.2) is 60.1 Å². The summed E-state index contributed by atoms with van der Waals surface area (Å²) in [6, 6.07) is 8.22. The molecule has 1 aliphatic rings. The summed E-state index contributed by atoms with van der Waals surface area (Å²) in [5, 5.41) is 7.12. The van der Waals surface area contributed by atoms with Crippen LogP contribution in [0.1, 0.15) is 64.3 Å². The van der Waals surface area contributed by atoms with Gasteiger partial charge in [-0.3, -0.25) is 9.69 Å². The van der Waals surface area contributed by atoms with Crippen molar-refractivity contribution in [3.8, 4) is 0 Å². The minimum atomic E-state index is -0.500. The van der Waals surface area contributed by atoms with Gasteiger partial charge in [0.15, 0.2) is 5.11 Å². The van der Waals surface area contributed by atoms with Gasteiger partial charge in [-0.15, -0.1) is 11.3 Å². The summed E-state index contributed by atoms with van der Waals surface area (Å²) in [5.74, 6) is -0.603. The number of carbonyl (C=O) groups excluding carboxylic acids is 2. The van der Waals surface area contributed by atoms with E-state index in [0.717, 1.165) is 25.3 Å². The number of esters is 1. The molecular formula is C25H34N4O3S2. The van der Waals surface area contributed by atoms with Crippen molar-refractivity contribution in [2.24, 2.45) is 0 Å². The Morgan fingerprint density at radius 1 is 1.09 bits per heavy atom. The van der Waals surface area contributed by atoms with Crippen molar-refractivity contribution in [1.82, 2.24) is 9.80 Å². The number of hydrogen-bond acceptors (Lipinski definition) is 6. The average Bonchev–Trinajstić information content (AvgIpc) is 3.16. The number of methoxy groups -OCH3 is 1. The van der Waals surface area contributed by atoms with Crippen LogP contribution in [0, 0.1) is 6.92 Å². The Hall–Kier alpha value is -2.49. The Morgan fingerprint density at radius 2 is 1.74 bits per heavy atom. The highest BCUT2D eigenvalue weighted by Gasteiger charge is 2.27. The van der Waals surface area contributed by atoms with Crippen LogP contribution >= 0.6 is 23.6 Å². The van der Waals surface area contributed by atoms with Crippen molar-refractivity contribution < 1.29 is 14.3 Å². The molecule has 1 amide bonds. The molecule has 2 heterocycles. The van der Waals surface area contributed by atoms with Gasteiger partial charge in [0.2, 0.25) is 0 Å². The van der Waals surface area contributed by atoms with Crippen molar-refractivity contribution >= 4 is 51.2 Å². The van der Waals surface area contributed by atoms with Gasteiger partial charge in [0.05, 0.1) is 17.6 Å². The standard InChI is InChI=1S/C25H34N4O3S2/c1-5-29(6-2)23(30)21-17(3)20(24(31)32-4)22(34-21)27-25(33)26-19-12-10-18(11-13-19)16-28-14-8-7-9-15-28/h10-13H,5-9,14-16H2,1-4H3,(H2,26,27,33). The van der Waals surface area contributed by atoms with Crippen molar-refractivity contribution in [2.45, 2.75) is 46.6 Å². The second-order valence-corrected chi connectivity index (χ2v) is 9.77. The summed E-state index contributed by atoms with van der Waals surface area (Å²) in [6.07, 6.45) is 3.88. The van der Waals surface area contributed by atoms with E-state index in [1.807, 2.05) is 26.0 Å². The second kappa shape index (κ2) is 12.3. The van der Waals surface area contributed by atoms with E-state index in [1.165, 1.54) is 43.3 Å². The number of anilines is 2. The monoisotopic (exact) mass is 502 g/mol. The number of piperidine rings is 1. The fraction of sp³-hybridized carbons (Fsp3) is 0.480. The zero-order valence-electron chi connectivity index (χ0n) is 20.4. The summed E-state index contributed by atoms with van der Waals surface area (Å²) in [7, 11) is 1.33. The molecule has 0 spiro atoms. The maximum atomic E-state index is 13.0. The summed E-state index contributed by atoms with van der Waals surface area (Å²) < 4.78 is 4.97. The van der Waals surface area contributed by atoms with Gasteiger partial charge in [-0.05, 0) is 82.2 Å². The first-order valence-electron chi connectivity index (χ1n) is 11.8. The molecule has 1 aliphatic heterocycles. The number of carbonyl (C=O) groups is 2. The van der Waals surface area contributed by atoms with Gasteiger partial charge in [-0.2, -0.15) is 0 Å². The zero-order valence-corrected chi connectivity index (χ0v) is 22.0. The molecule has 2 aromatic rings. The zero-order chi connectivity index (χ0) is 24.7. The molecule has 2 N–H and O–H groups in total. The van der Waals surface area contributed by atoms with E-state index >= 15 is 0 Å². The molecule has 184 valence electrons. The number of benzene rings is 1. The van der Waals surface area contributed by atoms with Gasteiger partial charge in [-0.1, -0.05) is 18.6 Å². The molecule has 34 heavy (non-hydrogen) atoms. The molecule has 0 aliphatic carbocycles. The fourth-order valence-electron chi connectivity index (χ4n) is 4.14. The maximum absolute atomic E-state index is 13.0. The number of rotatable bonds is 8. The van der Waals surface area contributed by atoms with Crippen LogP contribution < -0.4 is 10.6 Å². The van der Waals surface area contributed by atoms with E-state index in [2.05, 4.69) is 27.7 Å². The number of nitrogens with one attached hydrogen (secondary N) is 2. The number of amides is 1. The predicted molar refractivity (Wildman–Crippen MR) is 143 cm³/mol. The van der Waals surface area contributed by atoms with E-state index in [0.29, 0.717) is 39.2 Å². The normalized spacial score (nSPS) is 13.9. The van der Waals surface area contributed by atoms with Crippen LogP contribution in [0.3, 0.4) is 0 Å². The van der Waals surface area contributed by atoms with Crippen LogP contribution in [0.2, 0.25) is 0 Å². The third-order valence-electron chi connectivity index (χ3n) is 6.07. The SMILES string of the molecule is CCN(CC)C(=O)c1sc(NC(=S)Nc2ccc(CN3CCCCC3)cc2)c(C(=O)OC)c1C. The Labute approximate surface area is 211 Å². The van der Waals surface area contributed by atoms with E-state index in [-0.39, 0.29) is 5.91 Å². The molecule has 1 saturated heterocycles. The lowest BCUT2D eigenvalue weighted by atomic mass is 10.1. The number of thiocarbonyl (C=S) groups is 1. The topological polar surface area (TPSA) is 73.9 Å². The highest BCUT2D eigenvalue weighted by atomic mass is 32.1. The summed E-state index contributed by atoms with van der Waals surface area (Å²) in [6.45, 7) is 10.1. The van der Waals surface area contributed by atoms with Crippen LogP contribution in [0.5, 0.6) is 0 Å². The first kappa shape index (κ1) is 26.1. The van der Waals surface area contributed by atoms with E-state index in [4.69, 9.17) is 17.0 Å². The highest BCUT2D eigenvalue weighted by molar-refractivity contribution is 7.80. The van der Waals surface area contributed by atoms with Gasteiger partial charge in [0.25, 0.3) is 5.91 Å². The first-order chi connectivity index (χ1) is 16.4. The third-order valence-corrected chi connectivity index (χ3v) is 7.47. The molecule has 1 aromatic carbocycles. The highest BCUT2D eigenvalue weighted by Crippen LogP contribution is 2.34. The lowest BCUT2D eigenvalue weighted by Crippen LogP contribution is -2.30. The minimum absolute atomic E-state index is 0.103. The maximum Gasteiger partial charge on any atom is 0.341 e. The Balaban J connectivity index is 1.71. The van der Waals surface area contributed by atoms with Crippen molar-refractivity contribution in [3.05, 3.63) is 45.8 Å². The molecule has 0 saturated carbocycles. The molecule has 0 radical (unpaired) electrons. The molecule has 1 aromatic heterocycles. The van der Waals surface area contributed by atoms with Crippen molar-refractivity contribution in [1.29, 1.82) is 0 Å². The predicted octanol–water partition coefficient (Wildman–Crippen LogP) is 5.12. The first-order valence-corrected chi connectivity index (χ1v) is 13.0. The van der Waals surface area contributed by atoms with Crippen LogP contribution in [-0.2, 0) is 11.3 Å². The van der Waals surface area contributed by atoms with Gasteiger partial charge in [0, 0.05) is 25.3 Å². The van der Waals surface area contributed by atoms with Gasteiger partial charge in [-0.25, -0.2) is 4.79 Å². The van der Waals surface area contributed by atoms with Crippen molar-refractivity contribution in [2.75, 3.05) is 43.9 Å². The Kier molecular flexibility index (Phi) is 9.44. The van der Waals surface area contributed by atoms with Crippen LogP contribution in [0.4, 0.5) is 10.7 Å². The molecule has 0 bridgehead atoms. The van der Waals surface area contributed by atoms with E-state index < -0.39 is 5.97 Å².